The van der Waals surface area contributed by atoms with E-state index in [1.807, 2.05) is 6.92 Å². The van der Waals surface area contributed by atoms with Crippen molar-refractivity contribution in [1.29, 1.82) is 0 Å². The van der Waals surface area contributed by atoms with Crippen LogP contribution in [0.5, 0.6) is 0 Å². The highest BCUT2D eigenvalue weighted by Crippen LogP contribution is 2.23. The van der Waals surface area contributed by atoms with Gasteiger partial charge >= 0.3 is 5.97 Å². The molecule has 1 aromatic rings. The van der Waals surface area contributed by atoms with E-state index in [9.17, 15) is 9.18 Å². The Kier molecular flexibility index (Phi) is 5.76. The second kappa shape index (κ2) is 7.09. The third-order valence-electron chi connectivity index (χ3n) is 3.20. The summed E-state index contributed by atoms with van der Waals surface area (Å²) in [5, 5.41) is 12.0. The van der Waals surface area contributed by atoms with Crippen LogP contribution in [-0.4, -0.2) is 41.7 Å². The van der Waals surface area contributed by atoms with E-state index in [0.717, 1.165) is 25.7 Å². The number of carboxylic acid groups (broad SMARTS) is 1. The molecule has 1 aromatic carbocycles. The Morgan fingerprint density at radius 2 is 2.05 bits per heavy atom. The van der Waals surface area contributed by atoms with Gasteiger partial charge in [-0.1, -0.05) is 13.8 Å². The minimum atomic E-state index is -1.16. The number of anilines is 2. The lowest BCUT2D eigenvalue weighted by atomic mass is 10.1. The summed E-state index contributed by atoms with van der Waals surface area (Å²) in [6.07, 6.45) is 0. The first-order valence-corrected chi connectivity index (χ1v) is 6.70. The van der Waals surface area contributed by atoms with Crippen LogP contribution in [-0.2, 0) is 0 Å². The summed E-state index contributed by atoms with van der Waals surface area (Å²) in [4.78, 5) is 13.2. The Bertz CT molecular complexity index is 476. The number of hydrogen-bond acceptors (Lipinski definition) is 4. The third-order valence-corrected chi connectivity index (χ3v) is 3.20. The Morgan fingerprint density at radius 3 is 2.55 bits per heavy atom. The zero-order valence-electron chi connectivity index (χ0n) is 12.1. The van der Waals surface area contributed by atoms with Crippen LogP contribution in [0.3, 0.4) is 0 Å². The van der Waals surface area contributed by atoms with Crippen LogP contribution in [0, 0.1) is 5.82 Å². The molecule has 0 aliphatic heterocycles. The smallest absolute Gasteiger partial charge is 0.337 e. The summed E-state index contributed by atoms with van der Waals surface area (Å²) in [7, 11) is 0. The quantitative estimate of drug-likeness (QED) is 0.669. The summed E-state index contributed by atoms with van der Waals surface area (Å²) >= 11 is 0. The zero-order valence-corrected chi connectivity index (χ0v) is 12.1. The molecule has 1 rings (SSSR count). The minimum Gasteiger partial charge on any atom is -0.478 e. The molecule has 0 radical (unpaired) electrons. The molecule has 0 spiro atoms. The van der Waals surface area contributed by atoms with Gasteiger partial charge in [0, 0.05) is 18.3 Å². The van der Waals surface area contributed by atoms with Gasteiger partial charge in [-0.05, 0) is 32.1 Å². The van der Waals surface area contributed by atoms with Gasteiger partial charge in [-0.15, -0.1) is 0 Å². The molecule has 20 heavy (non-hydrogen) atoms. The molecule has 0 saturated carbocycles. The number of likely N-dealkylation sites (N-methyl/N-ethyl adjacent to an activating group) is 1. The molecule has 1 unspecified atom stereocenters. The fraction of sp³-hybridized carbons (Fsp3) is 0.500. The molecular formula is C14H22FN3O2. The third kappa shape index (κ3) is 4.09. The lowest BCUT2D eigenvalue weighted by Gasteiger charge is -2.24. The van der Waals surface area contributed by atoms with Crippen LogP contribution in [0.15, 0.2) is 12.1 Å². The predicted octanol–water partition coefficient (Wildman–Crippen LogP) is 2.25. The summed E-state index contributed by atoms with van der Waals surface area (Å²) < 4.78 is 13.8. The summed E-state index contributed by atoms with van der Waals surface area (Å²) in [5.41, 5.74) is 5.49. The molecule has 112 valence electrons. The topological polar surface area (TPSA) is 78.6 Å². The molecule has 1 atom stereocenters. The van der Waals surface area contributed by atoms with Gasteiger partial charge in [-0.25, -0.2) is 9.18 Å². The maximum absolute atomic E-state index is 13.8. The number of hydrogen-bond donors (Lipinski definition) is 3. The molecule has 0 fully saturated rings. The second-order valence-electron chi connectivity index (χ2n) is 4.76. The van der Waals surface area contributed by atoms with Crippen molar-refractivity contribution in [3.05, 3.63) is 23.5 Å². The van der Waals surface area contributed by atoms with E-state index >= 15 is 0 Å². The number of aromatic carboxylic acids is 1. The zero-order chi connectivity index (χ0) is 15.3. The van der Waals surface area contributed by atoms with Crippen LogP contribution in [0.2, 0.25) is 0 Å². The van der Waals surface area contributed by atoms with Crippen molar-refractivity contribution >= 4 is 17.3 Å². The first-order chi connectivity index (χ1) is 9.38. The van der Waals surface area contributed by atoms with E-state index in [1.165, 1.54) is 6.07 Å². The van der Waals surface area contributed by atoms with E-state index in [0.29, 0.717) is 0 Å². The first kappa shape index (κ1) is 16.2. The fourth-order valence-corrected chi connectivity index (χ4v) is 2.06. The number of benzene rings is 1. The molecule has 0 saturated heterocycles. The van der Waals surface area contributed by atoms with Crippen molar-refractivity contribution in [3.8, 4) is 0 Å². The van der Waals surface area contributed by atoms with E-state index in [-0.39, 0.29) is 23.0 Å². The van der Waals surface area contributed by atoms with Gasteiger partial charge in [0.05, 0.1) is 11.3 Å². The van der Waals surface area contributed by atoms with Gasteiger partial charge in [0.2, 0.25) is 0 Å². The maximum Gasteiger partial charge on any atom is 0.337 e. The average Bonchev–Trinajstić information content (AvgIpc) is 2.38. The first-order valence-electron chi connectivity index (χ1n) is 6.70. The van der Waals surface area contributed by atoms with Crippen molar-refractivity contribution in [2.45, 2.75) is 26.8 Å². The molecule has 0 bridgehead atoms. The largest absolute Gasteiger partial charge is 0.478 e. The van der Waals surface area contributed by atoms with Crippen LogP contribution in [0.4, 0.5) is 15.8 Å². The molecule has 0 amide bonds. The van der Waals surface area contributed by atoms with E-state index in [1.54, 1.807) is 0 Å². The maximum atomic E-state index is 13.8. The average molecular weight is 283 g/mol. The fourth-order valence-electron chi connectivity index (χ4n) is 2.06. The van der Waals surface area contributed by atoms with E-state index in [2.05, 4.69) is 24.1 Å². The summed E-state index contributed by atoms with van der Waals surface area (Å²) in [6.45, 7) is 8.61. The highest BCUT2D eigenvalue weighted by molar-refractivity contribution is 5.94. The summed E-state index contributed by atoms with van der Waals surface area (Å²) in [5.74, 6) is -1.71. The highest BCUT2D eigenvalue weighted by atomic mass is 19.1. The molecule has 4 N–H and O–H groups in total. The van der Waals surface area contributed by atoms with Crippen molar-refractivity contribution in [2.24, 2.45) is 0 Å². The van der Waals surface area contributed by atoms with Crippen LogP contribution in [0.1, 0.15) is 31.1 Å². The van der Waals surface area contributed by atoms with Crippen molar-refractivity contribution < 1.29 is 14.3 Å². The lowest BCUT2D eigenvalue weighted by molar-refractivity contribution is 0.0698. The Morgan fingerprint density at radius 1 is 1.45 bits per heavy atom. The Hall–Kier alpha value is -1.82. The normalized spacial score (nSPS) is 12.4. The van der Waals surface area contributed by atoms with E-state index < -0.39 is 11.8 Å². The van der Waals surface area contributed by atoms with Crippen LogP contribution < -0.4 is 11.1 Å². The number of carboxylic acids is 1. The minimum absolute atomic E-state index is 0.00494. The number of nitrogens with two attached hydrogens (primary N) is 1. The monoisotopic (exact) mass is 283 g/mol. The van der Waals surface area contributed by atoms with Gasteiger partial charge in [0.1, 0.15) is 5.82 Å². The predicted molar refractivity (Wildman–Crippen MR) is 78.6 cm³/mol. The van der Waals surface area contributed by atoms with E-state index in [4.69, 9.17) is 10.8 Å². The lowest BCUT2D eigenvalue weighted by Crippen LogP contribution is -2.35. The Balaban J connectivity index is 2.86. The number of nitrogens with one attached hydrogen (secondary N) is 1. The van der Waals surface area contributed by atoms with Gasteiger partial charge in [0.25, 0.3) is 0 Å². The Labute approximate surface area is 118 Å². The van der Waals surface area contributed by atoms with Crippen molar-refractivity contribution in [1.82, 2.24) is 4.90 Å². The highest BCUT2D eigenvalue weighted by Gasteiger charge is 2.15. The molecule has 0 heterocycles. The molecular weight excluding hydrogens is 261 g/mol. The summed E-state index contributed by atoms with van der Waals surface area (Å²) in [6, 6.07) is 2.27. The standard InChI is InChI=1S/C14H22FN3O2/c1-4-18(5-2)8-9(3)17-13-6-10(14(19)20)12(16)7-11(13)15/h6-7,9,17H,4-5,8,16H2,1-3H3,(H,19,20). The number of rotatable bonds is 7. The number of halogens is 1. The SMILES string of the molecule is CCN(CC)CC(C)Nc1cc(C(=O)O)c(N)cc1F. The van der Waals surface area contributed by atoms with Crippen molar-refractivity contribution in [3.63, 3.8) is 0 Å². The molecule has 6 heteroatoms. The van der Waals surface area contributed by atoms with Gasteiger partial charge in [0.15, 0.2) is 0 Å². The molecule has 0 aliphatic rings. The number of nitrogens with zero attached hydrogens (tertiary/aromatic N) is 1. The number of nitrogen functional groups attached to an aromatic ring is 1. The second-order valence-corrected chi connectivity index (χ2v) is 4.76. The molecule has 0 aromatic heterocycles. The molecule has 0 aliphatic carbocycles. The molecule has 5 nitrogen and oxygen atoms in total. The van der Waals surface area contributed by atoms with Gasteiger partial charge in [-0.2, -0.15) is 0 Å². The van der Waals surface area contributed by atoms with Crippen LogP contribution >= 0.6 is 0 Å². The van der Waals surface area contributed by atoms with Gasteiger partial charge < -0.3 is 21.1 Å². The number of carbonyl (C=O) groups is 1. The van der Waals surface area contributed by atoms with Gasteiger partial charge in [-0.3, -0.25) is 0 Å². The van der Waals surface area contributed by atoms with Crippen molar-refractivity contribution in [2.75, 3.05) is 30.7 Å². The van der Waals surface area contributed by atoms with Crippen LogP contribution in [0.25, 0.3) is 0 Å².